The van der Waals surface area contributed by atoms with Gasteiger partial charge in [0.05, 0.1) is 6.54 Å². The van der Waals surface area contributed by atoms with E-state index in [9.17, 15) is 4.79 Å². The molecule has 0 radical (unpaired) electrons. The van der Waals surface area contributed by atoms with E-state index in [2.05, 4.69) is 32.7 Å². The van der Waals surface area contributed by atoms with Gasteiger partial charge in [0.15, 0.2) is 0 Å². The normalized spacial score (nSPS) is 20.7. The third kappa shape index (κ3) is 3.74. The zero-order chi connectivity index (χ0) is 13.8. The van der Waals surface area contributed by atoms with E-state index in [1.165, 1.54) is 0 Å². The number of aromatic nitrogens is 2. The summed E-state index contributed by atoms with van der Waals surface area (Å²) in [5.41, 5.74) is 0. The van der Waals surface area contributed by atoms with Crippen molar-refractivity contribution in [2.45, 2.75) is 32.7 Å². The van der Waals surface area contributed by atoms with E-state index in [0.717, 1.165) is 19.6 Å². The molecule has 0 unspecified atom stereocenters. The van der Waals surface area contributed by atoms with Crippen LogP contribution >= 0.6 is 0 Å². The second-order valence-corrected chi connectivity index (χ2v) is 5.17. The summed E-state index contributed by atoms with van der Waals surface area (Å²) in [6.45, 7) is 9.06. The number of carbonyl (C=O) groups excluding carboxylic acids is 1. The maximum atomic E-state index is 11.9. The molecule has 1 amide bonds. The molecule has 1 aromatic heterocycles. The van der Waals surface area contributed by atoms with Crippen LogP contribution in [0.3, 0.4) is 0 Å². The van der Waals surface area contributed by atoms with Crippen LogP contribution in [0, 0.1) is 0 Å². The number of anilines is 1. The quantitative estimate of drug-likeness (QED) is 0.823. The maximum absolute atomic E-state index is 11.9. The molecule has 0 aliphatic carbocycles. The van der Waals surface area contributed by atoms with Gasteiger partial charge in [-0.3, -0.25) is 15.0 Å². The molecule has 106 valence electrons. The summed E-state index contributed by atoms with van der Waals surface area (Å²) in [5, 5.41) is 13.6. The highest BCUT2D eigenvalue weighted by Crippen LogP contribution is 2.14. The molecule has 2 heterocycles. The molecule has 7 nitrogen and oxygen atoms in total. The summed E-state index contributed by atoms with van der Waals surface area (Å²) in [5.74, 6) is 0.574. The Kier molecular flexibility index (Phi) is 4.49. The molecular weight excluding hydrogens is 246 g/mol. The minimum absolute atomic E-state index is 0.118. The van der Waals surface area contributed by atoms with Gasteiger partial charge in [-0.25, -0.2) is 0 Å². The van der Waals surface area contributed by atoms with Crippen molar-refractivity contribution in [3.05, 3.63) is 5.89 Å². The highest BCUT2D eigenvalue weighted by molar-refractivity contribution is 5.90. The fourth-order valence-corrected chi connectivity index (χ4v) is 1.98. The lowest BCUT2D eigenvalue weighted by Crippen LogP contribution is -2.52. The third-order valence-electron chi connectivity index (χ3n) is 3.17. The average Bonchev–Trinajstić information content (AvgIpc) is 2.80. The molecule has 19 heavy (non-hydrogen) atoms. The number of nitrogens with one attached hydrogen (secondary N) is 2. The zero-order valence-corrected chi connectivity index (χ0v) is 11.6. The predicted molar refractivity (Wildman–Crippen MR) is 70.9 cm³/mol. The van der Waals surface area contributed by atoms with Gasteiger partial charge < -0.3 is 9.73 Å². The summed E-state index contributed by atoms with van der Waals surface area (Å²) in [7, 11) is 0. The number of carbonyl (C=O) groups is 1. The first kappa shape index (κ1) is 14.0. The number of rotatable bonds is 4. The van der Waals surface area contributed by atoms with Gasteiger partial charge in [-0.1, -0.05) is 18.9 Å². The lowest BCUT2D eigenvalue weighted by molar-refractivity contribution is -0.118. The molecule has 2 rings (SSSR count). The van der Waals surface area contributed by atoms with Gasteiger partial charge in [-0.05, 0) is 6.92 Å². The van der Waals surface area contributed by atoms with E-state index in [1.54, 1.807) is 0 Å². The molecule has 0 saturated carbocycles. The molecule has 2 N–H and O–H groups in total. The summed E-state index contributed by atoms with van der Waals surface area (Å²) in [6, 6.07) is 0.532. The van der Waals surface area contributed by atoms with E-state index in [4.69, 9.17) is 4.42 Å². The summed E-state index contributed by atoms with van der Waals surface area (Å²) >= 11 is 0. The second kappa shape index (κ2) is 6.12. The lowest BCUT2D eigenvalue weighted by Gasteiger charge is -2.32. The maximum Gasteiger partial charge on any atom is 0.322 e. The fourth-order valence-electron chi connectivity index (χ4n) is 1.98. The fraction of sp³-hybridized carbons (Fsp3) is 0.750. The SMILES string of the molecule is CC(C)c1nnc(NC(=O)CN2CCNC[C@H]2C)o1. The first-order valence-electron chi connectivity index (χ1n) is 6.64. The Bertz CT molecular complexity index is 432. The molecule has 1 aliphatic heterocycles. The van der Waals surface area contributed by atoms with Crippen molar-refractivity contribution >= 4 is 11.9 Å². The summed E-state index contributed by atoms with van der Waals surface area (Å²) in [4.78, 5) is 14.0. The van der Waals surface area contributed by atoms with Crippen LogP contribution in [0.25, 0.3) is 0 Å². The van der Waals surface area contributed by atoms with E-state index in [0.29, 0.717) is 18.5 Å². The van der Waals surface area contributed by atoms with Crippen LogP contribution < -0.4 is 10.6 Å². The predicted octanol–water partition coefficient (Wildman–Crippen LogP) is 0.425. The molecule has 7 heteroatoms. The molecular formula is C12H21N5O2. The van der Waals surface area contributed by atoms with Crippen molar-refractivity contribution in [1.29, 1.82) is 0 Å². The monoisotopic (exact) mass is 267 g/mol. The van der Waals surface area contributed by atoms with E-state index in [1.807, 2.05) is 13.8 Å². The van der Waals surface area contributed by atoms with Crippen LogP contribution in [-0.2, 0) is 4.79 Å². The van der Waals surface area contributed by atoms with Crippen molar-refractivity contribution in [3.63, 3.8) is 0 Å². The smallest absolute Gasteiger partial charge is 0.322 e. The Morgan fingerprint density at radius 1 is 1.58 bits per heavy atom. The summed E-state index contributed by atoms with van der Waals surface area (Å²) < 4.78 is 5.35. The van der Waals surface area contributed by atoms with Gasteiger partial charge >= 0.3 is 6.01 Å². The van der Waals surface area contributed by atoms with Crippen molar-refractivity contribution in [3.8, 4) is 0 Å². The van der Waals surface area contributed by atoms with Crippen molar-refractivity contribution in [2.24, 2.45) is 0 Å². The van der Waals surface area contributed by atoms with Gasteiger partial charge in [-0.2, -0.15) is 0 Å². The Morgan fingerprint density at radius 3 is 3.00 bits per heavy atom. The second-order valence-electron chi connectivity index (χ2n) is 5.17. The van der Waals surface area contributed by atoms with Crippen LogP contribution in [0.2, 0.25) is 0 Å². The number of amides is 1. The van der Waals surface area contributed by atoms with Crippen LogP contribution in [0.15, 0.2) is 4.42 Å². The Labute approximate surface area is 112 Å². The topological polar surface area (TPSA) is 83.3 Å². The number of nitrogens with zero attached hydrogens (tertiary/aromatic N) is 3. The molecule has 1 fully saturated rings. The van der Waals surface area contributed by atoms with Gasteiger partial charge in [0.1, 0.15) is 0 Å². The summed E-state index contributed by atoms with van der Waals surface area (Å²) in [6.07, 6.45) is 0. The zero-order valence-electron chi connectivity index (χ0n) is 11.6. The third-order valence-corrected chi connectivity index (χ3v) is 3.17. The van der Waals surface area contributed by atoms with Gasteiger partial charge in [0, 0.05) is 31.6 Å². The van der Waals surface area contributed by atoms with Gasteiger partial charge in [-0.15, -0.1) is 5.10 Å². The van der Waals surface area contributed by atoms with Crippen molar-refractivity contribution < 1.29 is 9.21 Å². The minimum Gasteiger partial charge on any atom is -0.408 e. The average molecular weight is 267 g/mol. The Balaban J connectivity index is 1.86. The first-order valence-corrected chi connectivity index (χ1v) is 6.64. The molecule has 0 aromatic carbocycles. The highest BCUT2D eigenvalue weighted by Gasteiger charge is 2.21. The number of hydrogen-bond acceptors (Lipinski definition) is 6. The number of piperazine rings is 1. The van der Waals surface area contributed by atoms with Crippen molar-refractivity contribution in [1.82, 2.24) is 20.4 Å². The first-order chi connectivity index (χ1) is 9.06. The standard InChI is InChI=1S/C12H21N5O2/c1-8(2)11-15-16-12(19-11)14-10(18)7-17-5-4-13-6-9(17)3/h8-9,13H,4-7H2,1-3H3,(H,14,16,18)/t9-/m1/s1. The van der Waals surface area contributed by atoms with Crippen LogP contribution in [-0.4, -0.2) is 53.2 Å². The largest absolute Gasteiger partial charge is 0.408 e. The van der Waals surface area contributed by atoms with Crippen LogP contribution in [0.4, 0.5) is 6.01 Å². The highest BCUT2D eigenvalue weighted by atomic mass is 16.4. The minimum atomic E-state index is -0.118. The van der Waals surface area contributed by atoms with Crippen LogP contribution in [0.5, 0.6) is 0 Å². The molecule has 1 aromatic rings. The number of hydrogen-bond donors (Lipinski definition) is 2. The Hall–Kier alpha value is -1.47. The molecule has 1 aliphatic rings. The molecule has 0 spiro atoms. The molecule has 1 saturated heterocycles. The molecule has 1 atom stereocenters. The van der Waals surface area contributed by atoms with E-state index >= 15 is 0 Å². The lowest BCUT2D eigenvalue weighted by atomic mass is 10.2. The van der Waals surface area contributed by atoms with E-state index < -0.39 is 0 Å². The van der Waals surface area contributed by atoms with Crippen LogP contribution in [0.1, 0.15) is 32.6 Å². The van der Waals surface area contributed by atoms with Gasteiger partial charge in [0.2, 0.25) is 11.8 Å². The van der Waals surface area contributed by atoms with Gasteiger partial charge in [0.25, 0.3) is 0 Å². The molecule has 0 bridgehead atoms. The van der Waals surface area contributed by atoms with Crippen molar-refractivity contribution in [2.75, 3.05) is 31.5 Å². The Morgan fingerprint density at radius 2 is 2.37 bits per heavy atom. The van der Waals surface area contributed by atoms with E-state index in [-0.39, 0.29) is 17.8 Å².